The summed E-state index contributed by atoms with van der Waals surface area (Å²) in [6.45, 7) is 10.9. The topological polar surface area (TPSA) is 41.2 Å². The predicted octanol–water partition coefficient (Wildman–Crippen LogP) is 6.39. The van der Waals surface area contributed by atoms with E-state index in [0.29, 0.717) is 17.9 Å². The first-order valence-corrected chi connectivity index (χ1v) is 12.4. The number of H-pyrrole nitrogens is 1. The molecular formula is C29H33N3O. The maximum atomic E-state index is 5.41. The number of piperidine rings is 1. The second kappa shape index (κ2) is 8.27. The van der Waals surface area contributed by atoms with Crippen molar-refractivity contribution in [2.45, 2.75) is 51.5 Å². The molecule has 0 aliphatic carbocycles. The molecule has 2 aromatic carbocycles. The van der Waals surface area contributed by atoms with Crippen LogP contribution in [0.2, 0.25) is 0 Å². The number of hydrogen-bond donors (Lipinski definition) is 1. The Balaban J connectivity index is 1.41. The average Bonchev–Trinajstić information content (AvgIpc) is 3.17. The molecule has 2 saturated heterocycles. The smallest absolute Gasteiger partial charge is 0.0711 e. The third-order valence-electron chi connectivity index (χ3n) is 7.69. The molecule has 2 aliphatic rings. The van der Waals surface area contributed by atoms with Gasteiger partial charge < -0.3 is 9.72 Å². The molecule has 170 valence electrons. The van der Waals surface area contributed by atoms with Gasteiger partial charge in [-0.15, -0.1) is 0 Å². The van der Waals surface area contributed by atoms with Crippen LogP contribution in [-0.4, -0.2) is 47.2 Å². The van der Waals surface area contributed by atoms with E-state index in [9.17, 15) is 0 Å². The van der Waals surface area contributed by atoms with E-state index in [4.69, 9.17) is 9.72 Å². The molecule has 0 bridgehead atoms. The zero-order valence-electron chi connectivity index (χ0n) is 19.9. The summed E-state index contributed by atoms with van der Waals surface area (Å²) in [7, 11) is 0. The van der Waals surface area contributed by atoms with Gasteiger partial charge in [-0.05, 0) is 80.1 Å². The highest BCUT2D eigenvalue weighted by molar-refractivity contribution is 6.00. The van der Waals surface area contributed by atoms with Crippen LogP contribution in [0.1, 0.15) is 55.3 Å². The molecule has 2 aromatic heterocycles. The molecule has 0 spiro atoms. The summed E-state index contributed by atoms with van der Waals surface area (Å²) in [5.74, 6) is 1.07. The highest BCUT2D eigenvalue weighted by Crippen LogP contribution is 2.40. The summed E-state index contributed by atoms with van der Waals surface area (Å²) in [5, 5.41) is 2.59. The minimum atomic E-state index is 0.427. The fourth-order valence-electron chi connectivity index (χ4n) is 5.84. The first-order chi connectivity index (χ1) is 16.1. The van der Waals surface area contributed by atoms with Gasteiger partial charge in [0.2, 0.25) is 0 Å². The highest BCUT2D eigenvalue weighted by atomic mass is 16.5. The number of aryl methyl sites for hydroxylation is 1. The molecule has 2 fully saturated rings. The Morgan fingerprint density at radius 1 is 1.00 bits per heavy atom. The number of rotatable bonds is 4. The molecule has 2 aliphatic heterocycles. The lowest BCUT2D eigenvalue weighted by Gasteiger charge is -2.41. The number of hydrogen-bond acceptors (Lipinski definition) is 3. The molecular weight excluding hydrogens is 406 g/mol. The first kappa shape index (κ1) is 20.9. The predicted molar refractivity (Wildman–Crippen MR) is 136 cm³/mol. The average molecular weight is 440 g/mol. The molecule has 0 atom stereocenters. The van der Waals surface area contributed by atoms with Crippen LogP contribution >= 0.6 is 0 Å². The summed E-state index contributed by atoms with van der Waals surface area (Å²) in [6, 6.07) is 18.5. The number of aromatic amines is 1. The fraction of sp³-hybridized carbons (Fsp3) is 0.414. The first-order valence-electron chi connectivity index (χ1n) is 12.4. The number of likely N-dealkylation sites (tertiary alicyclic amines) is 1. The minimum Gasteiger partial charge on any atom is -0.378 e. The van der Waals surface area contributed by atoms with Crippen LogP contribution in [-0.2, 0) is 4.74 Å². The third kappa shape index (κ3) is 3.66. The number of benzene rings is 2. The maximum Gasteiger partial charge on any atom is 0.0711 e. The SMILES string of the molecule is Cc1cc(-c2[nH]c3ccc(C4CCN(C5COC5)CC4)cc3c2C(C)C)c2ccccc2n1. The number of aromatic nitrogens is 2. The largest absolute Gasteiger partial charge is 0.378 e. The van der Waals surface area contributed by atoms with E-state index in [1.54, 1.807) is 0 Å². The minimum absolute atomic E-state index is 0.427. The zero-order valence-corrected chi connectivity index (χ0v) is 19.9. The third-order valence-corrected chi connectivity index (χ3v) is 7.69. The van der Waals surface area contributed by atoms with E-state index in [2.05, 4.69) is 79.2 Å². The van der Waals surface area contributed by atoms with Crippen LogP contribution in [0, 0.1) is 6.92 Å². The number of nitrogens with one attached hydrogen (secondary N) is 1. The van der Waals surface area contributed by atoms with Gasteiger partial charge in [-0.2, -0.15) is 0 Å². The maximum absolute atomic E-state index is 5.41. The molecule has 0 amide bonds. The highest BCUT2D eigenvalue weighted by Gasteiger charge is 2.30. The number of fused-ring (bicyclic) bond motifs is 2. The number of pyridine rings is 1. The van der Waals surface area contributed by atoms with Gasteiger partial charge in [0.25, 0.3) is 0 Å². The van der Waals surface area contributed by atoms with Gasteiger partial charge in [-0.1, -0.05) is 38.1 Å². The van der Waals surface area contributed by atoms with Gasteiger partial charge in [0, 0.05) is 27.5 Å². The quantitative estimate of drug-likeness (QED) is 0.400. The standard InChI is InChI=1S/C29H33N3O/c1-18(2)28-25-15-21(20-10-12-32(13-11-20)22-16-33-17-22)8-9-27(25)31-29(28)24-14-19(3)30-26-7-5-4-6-23(24)26/h4-9,14-15,18,20,22,31H,10-13,16-17H2,1-3H3. The molecule has 0 unspecified atom stereocenters. The van der Waals surface area contributed by atoms with E-state index < -0.39 is 0 Å². The van der Waals surface area contributed by atoms with Crippen molar-refractivity contribution in [1.82, 2.24) is 14.9 Å². The Morgan fingerprint density at radius 3 is 2.52 bits per heavy atom. The van der Waals surface area contributed by atoms with Crippen molar-refractivity contribution in [3.05, 3.63) is 65.4 Å². The molecule has 0 radical (unpaired) electrons. The van der Waals surface area contributed by atoms with Crippen LogP contribution < -0.4 is 0 Å². The molecule has 4 nitrogen and oxygen atoms in total. The zero-order chi connectivity index (χ0) is 22.5. The lowest BCUT2D eigenvalue weighted by atomic mass is 9.87. The van der Waals surface area contributed by atoms with E-state index in [1.807, 2.05) is 0 Å². The van der Waals surface area contributed by atoms with Crippen molar-refractivity contribution in [2.75, 3.05) is 26.3 Å². The second-order valence-corrected chi connectivity index (χ2v) is 10.2. The molecule has 4 heteroatoms. The van der Waals surface area contributed by atoms with Gasteiger partial charge in [0.15, 0.2) is 0 Å². The van der Waals surface area contributed by atoms with Crippen molar-refractivity contribution in [3.63, 3.8) is 0 Å². The van der Waals surface area contributed by atoms with E-state index in [0.717, 1.165) is 24.4 Å². The lowest BCUT2D eigenvalue weighted by Crippen LogP contribution is -2.51. The van der Waals surface area contributed by atoms with Crippen LogP contribution in [0.3, 0.4) is 0 Å². The van der Waals surface area contributed by atoms with E-state index in [-0.39, 0.29) is 0 Å². The summed E-state index contributed by atoms with van der Waals surface area (Å²) in [6.07, 6.45) is 2.48. The molecule has 6 rings (SSSR count). The molecule has 33 heavy (non-hydrogen) atoms. The number of ether oxygens (including phenoxy) is 1. The monoisotopic (exact) mass is 439 g/mol. The van der Waals surface area contributed by atoms with Gasteiger partial charge in [0.1, 0.15) is 0 Å². The molecule has 4 heterocycles. The normalized spacial score (nSPS) is 18.4. The summed E-state index contributed by atoms with van der Waals surface area (Å²) in [4.78, 5) is 11.2. The van der Waals surface area contributed by atoms with E-state index in [1.165, 1.54) is 64.6 Å². The van der Waals surface area contributed by atoms with Gasteiger partial charge in [-0.3, -0.25) is 9.88 Å². The summed E-state index contributed by atoms with van der Waals surface area (Å²) in [5.41, 5.74) is 8.78. The molecule has 4 aromatic rings. The molecule has 1 N–H and O–H groups in total. The Labute approximate surface area is 196 Å². The van der Waals surface area contributed by atoms with E-state index >= 15 is 0 Å². The second-order valence-electron chi connectivity index (χ2n) is 10.2. The fourth-order valence-corrected chi connectivity index (χ4v) is 5.84. The Bertz CT molecular complexity index is 1310. The van der Waals surface area contributed by atoms with Crippen molar-refractivity contribution < 1.29 is 4.74 Å². The van der Waals surface area contributed by atoms with Crippen LogP contribution in [0.4, 0.5) is 0 Å². The van der Waals surface area contributed by atoms with Crippen molar-refractivity contribution >= 4 is 21.8 Å². The van der Waals surface area contributed by atoms with Crippen molar-refractivity contribution in [3.8, 4) is 11.3 Å². The lowest BCUT2D eigenvalue weighted by molar-refractivity contribution is -0.0712. The number of nitrogens with zero attached hydrogens (tertiary/aromatic N) is 2. The summed E-state index contributed by atoms with van der Waals surface area (Å²) >= 11 is 0. The van der Waals surface area contributed by atoms with Crippen molar-refractivity contribution in [1.29, 1.82) is 0 Å². The van der Waals surface area contributed by atoms with Crippen LogP contribution in [0.5, 0.6) is 0 Å². The van der Waals surface area contributed by atoms with Gasteiger partial charge in [-0.25, -0.2) is 0 Å². The molecule has 0 saturated carbocycles. The van der Waals surface area contributed by atoms with Gasteiger partial charge in [0.05, 0.1) is 30.5 Å². The summed E-state index contributed by atoms with van der Waals surface area (Å²) < 4.78 is 5.41. The Morgan fingerprint density at radius 2 is 1.79 bits per heavy atom. The Kier molecular flexibility index (Phi) is 5.23. The van der Waals surface area contributed by atoms with Crippen molar-refractivity contribution in [2.24, 2.45) is 0 Å². The van der Waals surface area contributed by atoms with Crippen LogP contribution in [0.15, 0.2) is 48.5 Å². The van der Waals surface area contributed by atoms with Crippen LogP contribution in [0.25, 0.3) is 33.1 Å². The number of para-hydroxylation sites is 1. The Hall–Kier alpha value is -2.69. The van der Waals surface area contributed by atoms with Gasteiger partial charge >= 0.3 is 0 Å².